The first-order valence-corrected chi connectivity index (χ1v) is 19.7. The highest BCUT2D eigenvalue weighted by Crippen LogP contribution is 2.43. The van der Waals surface area contributed by atoms with E-state index in [4.69, 9.17) is 15.0 Å². The molecule has 2 atom stereocenters. The van der Waals surface area contributed by atoms with Crippen molar-refractivity contribution in [2.24, 2.45) is 0 Å². The van der Waals surface area contributed by atoms with Gasteiger partial charge < -0.3 is 0 Å². The number of rotatable bonds is 11. The molecule has 0 amide bonds. The van der Waals surface area contributed by atoms with E-state index in [2.05, 4.69) is 197 Å². The second kappa shape index (κ2) is 15.8. The van der Waals surface area contributed by atoms with E-state index < -0.39 is 5.41 Å². The van der Waals surface area contributed by atoms with Crippen LogP contribution in [-0.2, 0) is 5.41 Å². The molecule has 8 rings (SSSR count). The predicted octanol–water partition coefficient (Wildman–Crippen LogP) is 12.8. The summed E-state index contributed by atoms with van der Waals surface area (Å²) in [6.07, 6.45) is 6.05. The van der Waals surface area contributed by atoms with E-state index in [1.54, 1.807) is 0 Å². The molecule has 0 saturated carbocycles. The molecule has 0 aliphatic rings. The van der Waals surface area contributed by atoms with Crippen LogP contribution in [0.25, 0.3) is 28.2 Å². The highest BCUT2D eigenvalue weighted by atomic mass is 15.1. The Hall–Kier alpha value is -6.39. The van der Waals surface area contributed by atoms with Gasteiger partial charge in [0.15, 0.2) is 0 Å². The summed E-state index contributed by atoms with van der Waals surface area (Å²) in [6.45, 7) is 11.5. The number of pyridine rings is 2. The summed E-state index contributed by atoms with van der Waals surface area (Å²) in [5.74, 6) is 1.23. The van der Waals surface area contributed by atoms with Crippen LogP contribution < -0.4 is 0 Å². The number of benzene rings is 5. The number of hydrogen-bond donors (Lipinski definition) is 0. The van der Waals surface area contributed by atoms with Gasteiger partial charge in [-0.25, -0.2) is 4.98 Å². The van der Waals surface area contributed by atoms with Gasteiger partial charge in [0.25, 0.3) is 0 Å². The molecular formula is C52H48N4. The Bertz CT molecular complexity index is 2420. The van der Waals surface area contributed by atoms with Gasteiger partial charge in [0.2, 0.25) is 0 Å². The third-order valence-electron chi connectivity index (χ3n) is 11.1. The van der Waals surface area contributed by atoms with Gasteiger partial charge in [0.05, 0.1) is 34.1 Å². The second-order valence-electron chi connectivity index (χ2n) is 15.4. The maximum absolute atomic E-state index is 5.67. The molecule has 5 aromatic carbocycles. The summed E-state index contributed by atoms with van der Waals surface area (Å²) in [7, 11) is 0. The summed E-state index contributed by atoms with van der Waals surface area (Å²) in [6, 6.07) is 58.1. The van der Waals surface area contributed by atoms with Crippen molar-refractivity contribution < 1.29 is 0 Å². The standard InChI is InChI=1S/C52H48N4/c1-36(2)44-33-41(38-20-9-6-10-21-38)34-45(37(3)4)50(44)56-35-47(49(39-22-11-7-12-23-39)46-28-15-17-30-53-46)55-51(56)40-24-19-27-43(32-40)52(5,42-25-13-8-14-26-42)48-29-16-18-31-54-48/h6-37,49H,1-5H3/t49-,52?/m0/s1. The molecule has 0 spiro atoms. The van der Waals surface area contributed by atoms with E-state index in [1.165, 1.54) is 33.5 Å². The quantitative estimate of drug-likeness (QED) is 0.133. The molecule has 0 bridgehead atoms. The maximum atomic E-state index is 5.67. The monoisotopic (exact) mass is 728 g/mol. The van der Waals surface area contributed by atoms with Gasteiger partial charge >= 0.3 is 0 Å². The van der Waals surface area contributed by atoms with Crippen molar-refractivity contribution in [3.05, 3.63) is 227 Å². The lowest BCUT2D eigenvalue weighted by Crippen LogP contribution is -2.26. The molecule has 0 radical (unpaired) electrons. The summed E-state index contributed by atoms with van der Waals surface area (Å²) in [4.78, 5) is 15.5. The Balaban J connectivity index is 1.42. The molecular weight excluding hydrogens is 681 g/mol. The van der Waals surface area contributed by atoms with Gasteiger partial charge in [0.1, 0.15) is 5.82 Å². The van der Waals surface area contributed by atoms with Gasteiger partial charge in [-0.3, -0.25) is 14.5 Å². The van der Waals surface area contributed by atoms with E-state index in [-0.39, 0.29) is 17.8 Å². The Labute approximate surface area is 331 Å². The summed E-state index contributed by atoms with van der Waals surface area (Å²) >= 11 is 0. The molecule has 0 saturated heterocycles. The molecule has 0 aliphatic carbocycles. The minimum absolute atomic E-state index is 0.169. The Kier molecular flexibility index (Phi) is 10.3. The van der Waals surface area contributed by atoms with Crippen LogP contribution in [0.15, 0.2) is 182 Å². The fourth-order valence-corrected chi connectivity index (χ4v) is 8.09. The van der Waals surface area contributed by atoms with E-state index in [9.17, 15) is 0 Å². The van der Waals surface area contributed by atoms with Crippen LogP contribution >= 0.6 is 0 Å². The normalized spacial score (nSPS) is 13.1. The Morgan fingerprint density at radius 2 is 1.07 bits per heavy atom. The molecule has 8 aromatic rings. The van der Waals surface area contributed by atoms with Crippen molar-refractivity contribution in [3.63, 3.8) is 0 Å². The van der Waals surface area contributed by atoms with Crippen molar-refractivity contribution in [2.45, 2.75) is 57.8 Å². The van der Waals surface area contributed by atoms with Gasteiger partial charge in [-0.15, -0.1) is 0 Å². The third-order valence-corrected chi connectivity index (χ3v) is 11.1. The zero-order valence-electron chi connectivity index (χ0n) is 32.8. The van der Waals surface area contributed by atoms with Crippen molar-refractivity contribution in [3.8, 4) is 28.2 Å². The minimum atomic E-state index is -0.511. The predicted molar refractivity (Wildman–Crippen MR) is 230 cm³/mol. The van der Waals surface area contributed by atoms with Crippen LogP contribution in [0.5, 0.6) is 0 Å². The molecule has 56 heavy (non-hydrogen) atoms. The number of aromatic nitrogens is 4. The van der Waals surface area contributed by atoms with Crippen LogP contribution in [0, 0.1) is 0 Å². The van der Waals surface area contributed by atoms with Crippen molar-refractivity contribution in [2.75, 3.05) is 0 Å². The molecule has 3 aromatic heterocycles. The average Bonchev–Trinajstić information content (AvgIpc) is 3.69. The molecule has 276 valence electrons. The SMILES string of the molecule is CC(C)c1cc(-c2ccccc2)cc(C(C)C)c1-n1cc([C@@H](c2ccccc2)c2ccccn2)nc1-c1cccc(C(C)(c2ccccc2)c2ccccn2)c1. The smallest absolute Gasteiger partial charge is 0.144 e. The first-order chi connectivity index (χ1) is 27.3. The Morgan fingerprint density at radius 3 is 1.68 bits per heavy atom. The molecule has 0 aliphatic heterocycles. The lowest BCUT2D eigenvalue weighted by molar-refractivity contribution is 0.665. The number of nitrogens with zero attached hydrogens (tertiary/aromatic N) is 4. The number of hydrogen-bond acceptors (Lipinski definition) is 3. The van der Waals surface area contributed by atoms with Crippen molar-refractivity contribution in [1.82, 2.24) is 19.5 Å². The van der Waals surface area contributed by atoms with Crippen LogP contribution in [0.4, 0.5) is 0 Å². The van der Waals surface area contributed by atoms with E-state index in [0.29, 0.717) is 0 Å². The Morgan fingerprint density at radius 1 is 0.500 bits per heavy atom. The molecule has 3 heterocycles. The lowest BCUT2D eigenvalue weighted by Gasteiger charge is -2.31. The summed E-state index contributed by atoms with van der Waals surface area (Å²) in [5, 5.41) is 0. The fourth-order valence-electron chi connectivity index (χ4n) is 8.09. The summed E-state index contributed by atoms with van der Waals surface area (Å²) < 4.78 is 2.38. The highest BCUT2D eigenvalue weighted by Gasteiger charge is 2.33. The van der Waals surface area contributed by atoms with Gasteiger partial charge in [-0.05, 0) is 100 Å². The largest absolute Gasteiger partial charge is 0.299 e. The summed E-state index contributed by atoms with van der Waals surface area (Å²) in [5.41, 5.74) is 13.1. The fraction of sp³-hybridized carbons (Fsp3) is 0.173. The lowest BCUT2D eigenvalue weighted by atomic mass is 9.73. The van der Waals surface area contributed by atoms with Gasteiger partial charge in [-0.1, -0.05) is 149 Å². The zero-order chi connectivity index (χ0) is 38.6. The molecule has 4 heteroatoms. The van der Waals surface area contributed by atoms with E-state index in [1.807, 2.05) is 24.5 Å². The van der Waals surface area contributed by atoms with Crippen LogP contribution in [-0.4, -0.2) is 19.5 Å². The number of imidazole rings is 1. The third kappa shape index (κ3) is 6.99. The first kappa shape index (κ1) is 36.6. The first-order valence-electron chi connectivity index (χ1n) is 19.7. The van der Waals surface area contributed by atoms with Gasteiger partial charge in [0, 0.05) is 24.2 Å². The van der Waals surface area contributed by atoms with E-state index >= 15 is 0 Å². The van der Waals surface area contributed by atoms with Crippen LogP contribution in [0.2, 0.25) is 0 Å². The second-order valence-corrected chi connectivity index (χ2v) is 15.4. The van der Waals surface area contributed by atoms with Crippen LogP contribution in [0.1, 0.15) is 97.3 Å². The van der Waals surface area contributed by atoms with Crippen molar-refractivity contribution in [1.29, 1.82) is 0 Å². The zero-order valence-corrected chi connectivity index (χ0v) is 32.8. The average molecular weight is 729 g/mol. The van der Waals surface area contributed by atoms with Crippen molar-refractivity contribution >= 4 is 0 Å². The highest BCUT2D eigenvalue weighted by molar-refractivity contribution is 5.72. The molecule has 1 unspecified atom stereocenters. The van der Waals surface area contributed by atoms with Crippen LogP contribution in [0.3, 0.4) is 0 Å². The topological polar surface area (TPSA) is 43.6 Å². The molecule has 4 nitrogen and oxygen atoms in total. The molecule has 0 fully saturated rings. The van der Waals surface area contributed by atoms with Gasteiger partial charge in [-0.2, -0.15) is 0 Å². The minimum Gasteiger partial charge on any atom is -0.299 e. The van der Waals surface area contributed by atoms with E-state index in [0.717, 1.165) is 39.6 Å². The maximum Gasteiger partial charge on any atom is 0.144 e. The molecule has 0 N–H and O–H groups in total.